The van der Waals surface area contributed by atoms with E-state index < -0.39 is 10.0 Å². The van der Waals surface area contributed by atoms with Crippen LogP contribution in [0.15, 0.2) is 84.8 Å². The zero-order valence-corrected chi connectivity index (χ0v) is 20.4. The van der Waals surface area contributed by atoms with Crippen molar-refractivity contribution in [3.8, 4) is 34.5 Å². The van der Waals surface area contributed by atoms with Gasteiger partial charge in [-0.1, -0.05) is 30.9 Å². The summed E-state index contributed by atoms with van der Waals surface area (Å²) < 4.78 is 46.2. The minimum Gasteiger partial charge on any atom is -0.493 e. The van der Waals surface area contributed by atoms with Gasteiger partial charge in [0.1, 0.15) is 6.61 Å². The SMILES string of the molecule is C=CCOc1nc(-c2ccncc2)nc(NS(=O)(=O)c2ccc(C)cn2)c1Oc1ccccc1OC. The first-order chi connectivity index (χ1) is 17.4. The van der Waals surface area contributed by atoms with Crippen LogP contribution in [0, 0.1) is 6.92 Å². The maximum atomic E-state index is 13.2. The third kappa shape index (κ3) is 5.58. The fourth-order valence-electron chi connectivity index (χ4n) is 3.06. The van der Waals surface area contributed by atoms with Crippen LogP contribution in [0.25, 0.3) is 11.4 Å². The summed E-state index contributed by atoms with van der Waals surface area (Å²) in [5, 5.41) is -0.186. The summed E-state index contributed by atoms with van der Waals surface area (Å²) >= 11 is 0. The van der Waals surface area contributed by atoms with Crippen LogP contribution in [-0.2, 0) is 10.0 Å². The molecule has 11 heteroatoms. The van der Waals surface area contributed by atoms with E-state index in [-0.39, 0.29) is 34.9 Å². The molecule has 0 atom stereocenters. The van der Waals surface area contributed by atoms with Crippen molar-refractivity contribution in [1.29, 1.82) is 0 Å². The van der Waals surface area contributed by atoms with Crippen LogP contribution in [0.5, 0.6) is 23.1 Å². The van der Waals surface area contributed by atoms with E-state index in [9.17, 15) is 8.42 Å². The average molecular weight is 506 g/mol. The van der Waals surface area contributed by atoms with E-state index in [1.807, 2.05) is 6.92 Å². The van der Waals surface area contributed by atoms with Gasteiger partial charge in [0.05, 0.1) is 7.11 Å². The Balaban J connectivity index is 1.89. The van der Waals surface area contributed by atoms with Crippen LogP contribution in [0.3, 0.4) is 0 Å². The maximum absolute atomic E-state index is 13.2. The highest BCUT2D eigenvalue weighted by Crippen LogP contribution is 2.41. The average Bonchev–Trinajstić information content (AvgIpc) is 2.89. The summed E-state index contributed by atoms with van der Waals surface area (Å²) in [5.41, 5.74) is 1.41. The van der Waals surface area contributed by atoms with E-state index in [4.69, 9.17) is 14.2 Å². The van der Waals surface area contributed by atoms with Crippen molar-refractivity contribution >= 4 is 15.8 Å². The Morgan fingerprint density at radius 3 is 2.44 bits per heavy atom. The molecule has 4 aromatic rings. The number of para-hydroxylation sites is 2. The van der Waals surface area contributed by atoms with Crippen molar-refractivity contribution in [2.24, 2.45) is 0 Å². The summed E-state index contributed by atoms with van der Waals surface area (Å²) in [6, 6.07) is 13.3. The molecule has 10 nitrogen and oxygen atoms in total. The van der Waals surface area contributed by atoms with Gasteiger partial charge in [-0.15, -0.1) is 0 Å². The molecule has 0 fully saturated rings. The molecule has 1 N–H and O–H groups in total. The van der Waals surface area contributed by atoms with Crippen LogP contribution >= 0.6 is 0 Å². The number of nitrogens with zero attached hydrogens (tertiary/aromatic N) is 4. The van der Waals surface area contributed by atoms with Crippen LogP contribution in [0.4, 0.5) is 5.82 Å². The number of hydrogen-bond acceptors (Lipinski definition) is 9. The van der Waals surface area contributed by atoms with Crippen molar-refractivity contribution in [2.45, 2.75) is 11.9 Å². The fourth-order valence-corrected chi connectivity index (χ4v) is 4.00. The molecule has 0 saturated heterocycles. The first kappa shape index (κ1) is 24.6. The van der Waals surface area contributed by atoms with E-state index in [2.05, 4.69) is 31.2 Å². The molecule has 0 aliphatic rings. The number of nitrogens with one attached hydrogen (secondary N) is 1. The molecular formula is C25H23N5O5S. The molecule has 0 saturated carbocycles. The molecule has 0 aliphatic carbocycles. The number of rotatable bonds is 10. The number of benzene rings is 1. The molecule has 184 valence electrons. The summed E-state index contributed by atoms with van der Waals surface area (Å²) in [6.07, 6.45) is 6.13. The fraction of sp³-hybridized carbons (Fsp3) is 0.120. The van der Waals surface area contributed by atoms with Gasteiger partial charge in [-0.3, -0.25) is 9.71 Å². The maximum Gasteiger partial charge on any atom is 0.280 e. The Bertz CT molecular complexity index is 1460. The molecule has 0 radical (unpaired) electrons. The standard InChI is InChI=1S/C25H23N5O5S/c1-4-15-34-25-22(35-20-8-6-5-7-19(20)33-3)24(28-23(29-25)18-11-13-26-14-12-18)30-36(31,32)21-10-9-17(2)16-27-21/h4-14,16H,1,15H2,2-3H3,(H,28,29,30). The van der Waals surface area contributed by atoms with E-state index in [0.717, 1.165) is 5.56 Å². The lowest BCUT2D eigenvalue weighted by molar-refractivity contribution is 0.320. The number of hydrogen-bond donors (Lipinski definition) is 1. The first-order valence-corrected chi connectivity index (χ1v) is 12.2. The van der Waals surface area contributed by atoms with E-state index >= 15 is 0 Å². The van der Waals surface area contributed by atoms with Gasteiger partial charge >= 0.3 is 0 Å². The first-order valence-electron chi connectivity index (χ1n) is 10.7. The number of methoxy groups -OCH3 is 1. The predicted molar refractivity (Wildman–Crippen MR) is 134 cm³/mol. The minimum absolute atomic E-state index is 0.00261. The number of aryl methyl sites for hydroxylation is 1. The molecule has 0 unspecified atom stereocenters. The Hall–Kier alpha value is -4.51. The zero-order valence-electron chi connectivity index (χ0n) is 19.6. The van der Waals surface area contributed by atoms with Gasteiger partial charge in [-0.05, 0) is 42.8 Å². The zero-order chi connectivity index (χ0) is 25.5. The number of sulfonamides is 1. The van der Waals surface area contributed by atoms with Crippen molar-refractivity contribution in [3.05, 3.63) is 85.3 Å². The summed E-state index contributed by atoms with van der Waals surface area (Å²) in [5.74, 6) is 0.701. The molecule has 0 aliphatic heterocycles. The largest absolute Gasteiger partial charge is 0.493 e. The minimum atomic E-state index is -4.15. The number of pyridine rings is 2. The normalized spacial score (nSPS) is 10.9. The third-order valence-corrected chi connectivity index (χ3v) is 6.04. The number of aromatic nitrogens is 4. The summed E-state index contributed by atoms with van der Waals surface area (Å²) in [7, 11) is -2.65. The van der Waals surface area contributed by atoms with Crippen LogP contribution in [-0.4, -0.2) is 42.1 Å². The highest BCUT2D eigenvalue weighted by Gasteiger charge is 2.25. The van der Waals surface area contributed by atoms with Gasteiger partial charge in [0, 0.05) is 24.2 Å². The van der Waals surface area contributed by atoms with Gasteiger partial charge in [0.15, 0.2) is 28.2 Å². The van der Waals surface area contributed by atoms with Crippen molar-refractivity contribution in [2.75, 3.05) is 18.4 Å². The topological polar surface area (TPSA) is 125 Å². The van der Waals surface area contributed by atoms with Crippen LogP contribution < -0.4 is 18.9 Å². The molecule has 0 amide bonds. The molecule has 3 heterocycles. The predicted octanol–water partition coefficient (Wildman–Crippen LogP) is 4.41. The van der Waals surface area contributed by atoms with Crippen LogP contribution in [0.2, 0.25) is 0 Å². The molecule has 0 bridgehead atoms. The second kappa shape index (κ2) is 10.8. The lowest BCUT2D eigenvalue weighted by Gasteiger charge is -2.18. The third-order valence-electron chi connectivity index (χ3n) is 4.78. The van der Waals surface area contributed by atoms with Gasteiger partial charge in [-0.2, -0.15) is 13.4 Å². The summed E-state index contributed by atoms with van der Waals surface area (Å²) in [4.78, 5) is 17.0. The molecular weight excluding hydrogens is 482 g/mol. The van der Waals surface area contributed by atoms with E-state index in [0.29, 0.717) is 17.1 Å². The molecule has 1 aromatic carbocycles. The quantitative estimate of drug-likeness (QED) is 0.312. The van der Waals surface area contributed by atoms with Gasteiger partial charge in [0.25, 0.3) is 15.9 Å². The highest BCUT2D eigenvalue weighted by molar-refractivity contribution is 7.92. The Morgan fingerprint density at radius 2 is 1.78 bits per heavy atom. The van der Waals surface area contributed by atoms with Crippen LogP contribution in [0.1, 0.15) is 5.56 Å². The van der Waals surface area contributed by atoms with E-state index in [1.165, 1.54) is 25.4 Å². The second-order valence-corrected chi connectivity index (χ2v) is 9.03. The molecule has 4 rings (SSSR count). The smallest absolute Gasteiger partial charge is 0.280 e. The lowest BCUT2D eigenvalue weighted by atomic mass is 10.2. The van der Waals surface area contributed by atoms with Crippen molar-refractivity contribution in [1.82, 2.24) is 19.9 Å². The Morgan fingerprint density at radius 1 is 1.03 bits per heavy atom. The molecule has 3 aromatic heterocycles. The van der Waals surface area contributed by atoms with Crippen molar-refractivity contribution in [3.63, 3.8) is 0 Å². The lowest BCUT2D eigenvalue weighted by Crippen LogP contribution is -2.17. The Kier molecular flexibility index (Phi) is 7.40. The Labute approximate surface area is 208 Å². The number of ether oxygens (including phenoxy) is 3. The molecule has 0 spiro atoms. The van der Waals surface area contributed by atoms with Crippen molar-refractivity contribution < 1.29 is 22.6 Å². The molecule has 36 heavy (non-hydrogen) atoms. The summed E-state index contributed by atoms with van der Waals surface area (Å²) in [6.45, 7) is 5.56. The second-order valence-electron chi connectivity index (χ2n) is 7.40. The monoisotopic (exact) mass is 505 g/mol. The van der Waals surface area contributed by atoms with Gasteiger partial charge < -0.3 is 14.2 Å². The van der Waals surface area contributed by atoms with Gasteiger partial charge in [0.2, 0.25) is 5.75 Å². The highest BCUT2D eigenvalue weighted by atomic mass is 32.2. The van der Waals surface area contributed by atoms with Gasteiger partial charge in [-0.25, -0.2) is 9.97 Å². The number of anilines is 1. The van der Waals surface area contributed by atoms with E-state index in [1.54, 1.807) is 54.9 Å².